The third-order valence-electron chi connectivity index (χ3n) is 6.43. The van der Waals surface area contributed by atoms with E-state index in [0.717, 1.165) is 33.6 Å². The third-order valence-corrected chi connectivity index (χ3v) is 7.11. The zero-order valence-corrected chi connectivity index (χ0v) is 21.8. The van der Waals surface area contributed by atoms with E-state index in [1.165, 1.54) is 19.2 Å². The molecule has 0 saturated carbocycles. The Bertz CT molecular complexity index is 1530. The Morgan fingerprint density at radius 1 is 1.07 bits per heavy atom. The van der Waals surface area contributed by atoms with Crippen molar-refractivity contribution in [2.75, 3.05) is 6.61 Å². The number of benzene rings is 2. The number of hydrogen-bond acceptors (Lipinski definition) is 8. The maximum atomic E-state index is 14.0. The first-order valence-corrected chi connectivity index (χ1v) is 12.5. The smallest absolute Gasteiger partial charge is 0.263 e. The second kappa shape index (κ2) is 11.0. The van der Waals surface area contributed by atoms with E-state index in [1.54, 1.807) is 0 Å². The van der Waals surface area contributed by atoms with Crippen molar-refractivity contribution in [2.45, 2.75) is 43.8 Å². The summed E-state index contributed by atoms with van der Waals surface area (Å²) in [6.07, 6.45) is -7.38. The van der Waals surface area contributed by atoms with E-state index in [0.29, 0.717) is 0 Å². The summed E-state index contributed by atoms with van der Waals surface area (Å²) >= 11 is 11.8. The van der Waals surface area contributed by atoms with Crippen molar-refractivity contribution in [1.82, 2.24) is 29.8 Å². The number of rotatable bonds is 6. The zero-order chi connectivity index (χ0) is 28.9. The van der Waals surface area contributed by atoms with Crippen LogP contribution >= 0.6 is 23.2 Å². The number of hydrogen-bond donors (Lipinski definition) is 3. The first kappa shape index (κ1) is 28.4. The molecule has 1 saturated heterocycles. The highest BCUT2D eigenvalue weighted by Gasteiger charge is 2.48. The van der Waals surface area contributed by atoms with Crippen LogP contribution in [0.4, 0.5) is 17.6 Å². The molecule has 5 rings (SSSR count). The van der Waals surface area contributed by atoms with Crippen molar-refractivity contribution in [1.29, 1.82) is 0 Å². The van der Waals surface area contributed by atoms with Gasteiger partial charge in [0, 0.05) is 11.1 Å². The first-order chi connectivity index (χ1) is 19.0. The van der Waals surface area contributed by atoms with Gasteiger partial charge in [0.05, 0.1) is 23.5 Å². The summed E-state index contributed by atoms with van der Waals surface area (Å²) in [5.74, 6) is -1.93. The van der Waals surface area contributed by atoms with Gasteiger partial charge in [-0.15, -0.1) is 5.10 Å². The minimum atomic E-state index is -2.80. The van der Waals surface area contributed by atoms with E-state index in [4.69, 9.17) is 27.9 Å². The van der Waals surface area contributed by atoms with Gasteiger partial charge < -0.3 is 20.1 Å². The Morgan fingerprint density at radius 2 is 1.77 bits per heavy atom. The molecule has 0 bridgehead atoms. The number of ether oxygens (including phenoxy) is 1. The van der Waals surface area contributed by atoms with Crippen LogP contribution in [0.15, 0.2) is 36.5 Å². The molecular formula is C24H20Cl2F4N6O4. The number of aliphatic hydroxyl groups is 3. The lowest BCUT2D eigenvalue weighted by atomic mass is 9.92. The van der Waals surface area contributed by atoms with Crippen molar-refractivity contribution in [3.63, 3.8) is 0 Å². The number of nitrogens with zero attached hydrogens (tertiary/aromatic N) is 6. The summed E-state index contributed by atoms with van der Waals surface area (Å²) in [5, 5.41) is 43.6. The maximum absolute atomic E-state index is 14.0. The second-order valence-electron chi connectivity index (χ2n) is 9.03. The molecule has 3 N–H and O–H groups in total. The number of halogens is 6. The van der Waals surface area contributed by atoms with Gasteiger partial charge in [-0.05, 0) is 31.2 Å². The molecule has 0 unspecified atom stereocenters. The van der Waals surface area contributed by atoms with Gasteiger partial charge in [0.25, 0.3) is 6.43 Å². The lowest BCUT2D eigenvalue weighted by molar-refractivity contribution is -0.210. The highest BCUT2D eigenvalue weighted by molar-refractivity contribution is 6.32. The van der Waals surface area contributed by atoms with Crippen molar-refractivity contribution in [3.8, 4) is 16.9 Å². The number of aromatic nitrogens is 6. The van der Waals surface area contributed by atoms with Crippen LogP contribution in [0.1, 0.15) is 35.8 Å². The minimum absolute atomic E-state index is 0.00735. The minimum Gasteiger partial charge on any atom is -0.394 e. The summed E-state index contributed by atoms with van der Waals surface area (Å²) in [5.41, 5.74) is -0.327. The molecular weight excluding hydrogens is 583 g/mol. The van der Waals surface area contributed by atoms with Crippen LogP contribution in [-0.2, 0) is 4.74 Å². The fourth-order valence-corrected chi connectivity index (χ4v) is 4.81. The molecule has 212 valence electrons. The van der Waals surface area contributed by atoms with Gasteiger partial charge >= 0.3 is 0 Å². The molecule has 1 aliphatic heterocycles. The molecule has 0 spiro atoms. The molecule has 3 heterocycles. The summed E-state index contributed by atoms with van der Waals surface area (Å²) in [4.78, 5) is 4.30. The Labute approximate surface area is 233 Å². The number of alkyl halides is 2. The molecule has 5 atom stereocenters. The Balaban J connectivity index is 1.56. The summed E-state index contributed by atoms with van der Waals surface area (Å²) < 4.78 is 62.8. The highest BCUT2D eigenvalue weighted by atomic mass is 35.5. The van der Waals surface area contributed by atoms with E-state index >= 15 is 0 Å². The molecule has 2 aromatic carbocycles. The zero-order valence-electron chi connectivity index (χ0n) is 20.3. The quantitative estimate of drug-likeness (QED) is 0.225. The topological polar surface area (TPSA) is 131 Å². The van der Waals surface area contributed by atoms with Crippen molar-refractivity contribution < 1.29 is 37.6 Å². The fraction of sp³-hybridized carbons (Fsp3) is 0.333. The van der Waals surface area contributed by atoms with Gasteiger partial charge in [0.1, 0.15) is 58.6 Å². The van der Waals surface area contributed by atoms with Crippen LogP contribution in [0.5, 0.6) is 0 Å². The van der Waals surface area contributed by atoms with E-state index in [1.807, 2.05) is 0 Å². The van der Waals surface area contributed by atoms with Crippen LogP contribution in [0, 0.1) is 18.6 Å². The predicted molar refractivity (Wildman–Crippen MR) is 132 cm³/mol. The monoisotopic (exact) mass is 602 g/mol. The molecule has 10 nitrogen and oxygen atoms in total. The van der Waals surface area contributed by atoms with Crippen LogP contribution in [0.2, 0.25) is 10.0 Å². The van der Waals surface area contributed by atoms with E-state index in [9.17, 15) is 32.9 Å². The van der Waals surface area contributed by atoms with Crippen LogP contribution in [0.25, 0.3) is 16.9 Å². The van der Waals surface area contributed by atoms with Gasteiger partial charge in [0.2, 0.25) is 0 Å². The van der Waals surface area contributed by atoms with Crippen molar-refractivity contribution in [2.24, 2.45) is 0 Å². The van der Waals surface area contributed by atoms with Gasteiger partial charge in [-0.2, -0.15) is 5.10 Å². The lowest BCUT2D eigenvalue weighted by Gasteiger charge is -2.41. The lowest BCUT2D eigenvalue weighted by Crippen LogP contribution is -2.53. The first-order valence-electron chi connectivity index (χ1n) is 11.7. The molecule has 0 amide bonds. The molecule has 0 aliphatic carbocycles. The Hall–Kier alpha value is -3.14. The van der Waals surface area contributed by atoms with Gasteiger partial charge in [-0.25, -0.2) is 31.9 Å². The maximum Gasteiger partial charge on any atom is 0.263 e. The molecule has 4 aromatic rings. The van der Waals surface area contributed by atoms with E-state index in [-0.39, 0.29) is 39.2 Å². The summed E-state index contributed by atoms with van der Waals surface area (Å²) in [7, 11) is 0. The highest BCUT2D eigenvalue weighted by Crippen LogP contribution is 2.39. The van der Waals surface area contributed by atoms with E-state index < -0.39 is 60.1 Å². The Kier molecular flexibility index (Phi) is 7.83. The summed E-state index contributed by atoms with van der Waals surface area (Å²) in [6, 6.07) is 4.11. The standard InChI is InChI=1S/C24H20Cl2F4N6O4/c1-9-31-24(36(33-9)16-6-10(23(29)30)2-3-12(16)25)22-21(39)19(20(38)17(8-37)40-22)35-7-15(32-34-35)11-4-13(27)18(26)14(28)5-11/h2-7,17,19-23,37-39H,8H2,1H3/t17-,19+,20+,21-,22-/m1/s1. The Morgan fingerprint density at radius 3 is 2.42 bits per heavy atom. The van der Waals surface area contributed by atoms with Crippen LogP contribution < -0.4 is 0 Å². The SMILES string of the molecule is Cc1nc([C@@H]2O[C@H](CO)[C@H](O)[C@H](n3cc(-c4cc(F)c(Cl)c(F)c4)nn3)[C@H]2O)n(-c2cc(C(F)F)ccc2Cl)n1. The largest absolute Gasteiger partial charge is 0.394 e. The van der Waals surface area contributed by atoms with Crippen LogP contribution in [0.3, 0.4) is 0 Å². The summed E-state index contributed by atoms with van der Waals surface area (Å²) in [6.45, 7) is 0.828. The molecule has 1 fully saturated rings. The van der Waals surface area contributed by atoms with Crippen LogP contribution in [-0.4, -0.2) is 70.0 Å². The van der Waals surface area contributed by atoms with Gasteiger partial charge in [0.15, 0.2) is 5.82 Å². The van der Waals surface area contributed by atoms with Crippen molar-refractivity contribution >= 4 is 23.2 Å². The third kappa shape index (κ3) is 5.06. The number of aliphatic hydroxyl groups excluding tert-OH is 3. The average molecular weight is 603 g/mol. The average Bonchev–Trinajstić information content (AvgIpc) is 3.54. The predicted octanol–water partition coefficient (Wildman–Crippen LogP) is 3.75. The number of aryl methyl sites for hydroxylation is 1. The molecule has 1 aliphatic rings. The van der Waals surface area contributed by atoms with Crippen molar-refractivity contribution in [3.05, 3.63) is 75.4 Å². The molecule has 2 aromatic heterocycles. The molecule has 40 heavy (non-hydrogen) atoms. The van der Waals surface area contributed by atoms with Gasteiger partial charge in [-0.1, -0.05) is 34.5 Å². The second-order valence-corrected chi connectivity index (χ2v) is 9.81. The fourth-order valence-electron chi connectivity index (χ4n) is 4.51. The van der Waals surface area contributed by atoms with Gasteiger partial charge in [-0.3, -0.25) is 0 Å². The normalized spacial score (nSPS) is 23.2. The molecule has 0 radical (unpaired) electrons. The van der Waals surface area contributed by atoms with E-state index in [2.05, 4.69) is 20.4 Å². The molecule has 16 heteroatoms.